The summed E-state index contributed by atoms with van der Waals surface area (Å²) in [5.41, 5.74) is 0.829. The van der Waals surface area contributed by atoms with E-state index in [1.54, 1.807) is 6.20 Å². The van der Waals surface area contributed by atoms with Crippen LogP contribution >= 0.6 is 0 Å². The lowest BCUT2D eigenvalue weighted by molar-refractivity contribution is 0.608. The highest BCUT2D eigenvalue weighted by molar-refractivity contribution is 5.66. The Labute approximate surface area is 125 Å². The molecule has 6 nitrogen and oxygen atoms in total. The van der Waals surface area contributed by atoms with E-state index in [0.717, 1.165) is 30.4 Å². The van der Waals surface area contributed by atoms with Crippen LogP contribution in [0.25, 0.3) is 5.65 Å². The topological polar surface area (TPSA) is 69.2 Å². The molecule has 0 spiro atoms. The van der Waals surface area contributed by atoms with Crippen molar-refractivity contribution in [2.45, 2.75) is 27.2 Å². The largest absolute Gasteiger partial charge is 0.369 e. The van der Waals surface area contributed by atoms with Gasteiger partial charge < -0.3 is 14.6 Å². The summed E-state index contributed by atoms with van der Waals surface area (Å²) in [6.45, 7) is 8.70. The predicted molar refractivity (Wildman–Crippen MR) is 84.4 cm³/mol. The minimum atomic E-state index is 0.479. The molecular weight excluding hydrogens is 264 g/mol. The molecule has 0 saturated heterocycles. The van der Waals surface area contributed by atoms with Gasteiger partial charge in [0.05, 0.1) is 18.7 Å². The molecule has 2 aromatic heterocycles. The summed E-state index contributed by atoms with van der Waals surface area (Å²) in [6.07, 6.45) is 6.10. The third kappa shape index (κ3) is 3.63. The second kappa shape index (κ2) is 6.93. The number of aromatic nitrogens is 3. The number of hydrogen-bond donors (Lipinski definition) is 1. The number of fused-ring (bicyclic) bond motifs is 1. The molecule has 0 aliphatic carbocycles. The van der Waals surface area contributed by atoms with Crippen molar-refractivity contribution >= 4 is 17.3 Å². The molecule has 21 heavy (non-hydrogen) atoms. The van der Waals surface area contributed by atoms with E-state index in [9.17, 15) is 0 Å². The SMILES string of the molecule is CCNc1cn2ccnc2c(N(CCC#N)CC(C)C)n1. The molecule has 112 valence electrons. The molecular formula is C15H22N6. The number of nitrogens with one attached hydrogen (secondary N) is 1. The monoisotopic (exact) mass is 286 g/mol. The third-order valence-corrected chi connectivity index (χ3v) is 3.09. The van der Waals surface area contributed by atoms with Crippen LogP contribution in [0.4, 0.5) is 11.6 Å². The lowest BCUT2D eigenvalue weighted by Gasteiger charge is -2.25. The standard InChI is InChI=1S/C15H22N6/c1-4-17-13-11-21-9-7-18-14(21)15(19-13)20(8-5-6-16)10-12(2)3/h7,9,11-12,17H,4-5,8,10H2,1-3H3. The van der Waals surface area contributed by atoms with Crippen molar-refractivity contribution in [1.29, 1.82) is 5.26 Å². The first kappa shape index (κ1) is 15.1. The molecule has 0 aromatic carbocycles. The Balaban J connectivity index is 2.43. The summed E-state index contributed by atoms with van der Waals surface area (Å²) >= 11 is 0. The maximum Gasteiger partial charge on any atom is 0.180 e. The second-order valence-electron chi connectivity index (χ2n) is 5.39. The second-order valence-corrected chi connectivity index (χ2v) is 5.39. The van der Waals surface area contributed by atoms with Gasteiger partial charge in [-0.05, 0) is 12.8 Å². The first-order chi connectivity index (χ1) is 10.2. The molecule has 0 aliphatic rings. The quantitative estimate of drug-likeness (QED) is 0.847. The zero-order chi connectivity index (χ0) is 15.2. The van der Waals surface area contributed by atoms with Crippen molar-refractivity contribution in [3.63, 3.8) is 0 Å². The van der Waals surface area contributed by atoms with Gasteiger partial charge in [-0.3, -0.25) is 0 Å². The highest BCUT2D eigenvalue weighted by Gasteiger charge is 2.16. The summed E-state index contributed by atoms with van der Waals surface area (Å²) in [7, 11) is 0. The molecule has 2 heterocycles. The Bertz CT molecular complexity index is 625. The first-order valence-corrected chi connectivity index (χ1v) is 7.35. The minimum absolute atomic E-state index is 0.479. The average molecular weight is 286 g/mol. The number of nitriles is 1. The van der Waals surface area contributed by atoms with Crippen molar-refractivity contribution in [3.05, 3.63) is 18.6 Å². The fourth-order valence-corrected chi connectivity index (χ4v) is 2.30. The average Bonchev–Trinajstić information content (AvgIpc) is 2.91. The summed E-state index contributed by atoms with van der Waals surface area (Å²) < 4.78 is 1.97. The van der Waals surface area contributed by atoms with Crippen molar-refractivity contribution < 1.29 is 0 Å². The number of nitrogens with zero attached hydrogens (tertiary/aromatic N) is 5. The molecule has 6 heteroatoms. The molecule has 0 amide bonds. The number of hydrogen-bond acceptors (Lipinski definition) is 5. The van der Waals surface area contributed by atoms with Crippen LogP contribution < -0.4 is 10.2 Å². The van der Waals surface area contributed by atoms with Gasteiger partial charge in [0.1, 0.15) is 5.82 Å². The summed E-state index contributed by atoms with van der Waals surface area (Å²) in [5.74, 6) is 2.15. The van der Waals surface area contributed by atoms with Crippen LogP contribution in [0.1, 0.15) is 27.2 Å². The third-order valence-electron chi connectivity index (χ3n) is 3.09. The van der Waals surface area contributed by atoms with Crippen LogP contribution in [-0.2, 0) is 0 Å². The molecule has 2 aromatic rings. The van der Waals surface area contributed by atoms with Gasteiger partial charge in [-0.25, -0.2) is 9.97 Å². The van der Waals surface area contributed by atoms with E-state index in [2.05, 4.69) is 35.1 Å². The van der Waals surface area contributed by atoms with E-state index in [1.807, 2.05) is 23.7 Å². The van der Waals surface area contributed by atoms with E-state index in [4.69, 9.17) is 10.2 Å². The smallest absolute Gasteiger partial charge is 0.180 e. The van der Waals surface area contributed by atoms with Crippen molar-refractivity contribution in [3.8, 4) is 6.07 Å². The zero-order valence-electron chi connectivity index (χ0n) is 12.9. The van der Waals surface area contributed by atoms with Crippen LogP contribution in [0, 0.1) is 17.2 Å². The lowest BCUT2D eigenvalue weighted by Crippen LogP contribution is -2.30. The predicted octanol–water partition coefficient (Wildman–Crippen LogP) is 2.54. The van der Waals surface area contributed by atoms with Crippen LogP contribution in [-0.4, -0.2) is 34.0 Å². The maximum atomic E-state index is 8.88. The van der Waals surface area contributed by atoms with Crippen LogP contribution in [0.3, 0.4) is 0 Å². The van der Waals surface area contributed by atoms with Gasteiger partial charge in [0.2, 0.25) is 0 Å². The van der Waals surface area contributed by atoms with Gasteiger partial charge in [-0.15, -0.1) is 0 Å². The fourth-order valence-electron chi connectivity index (χ4n) is 2.30. The van der Waals surface area contributed by atoms with Gasteiger partial charge >= 0.3 is 0 Å². The number of anilines is 2. The summed E-state index contributed by atoms with van der Waals surface area (Å²) in [5, 5.41) is 12.1. The maximum absolute atomic E-state index is 8.88. The molecule has 1 N–H and O–H groups in total. The van der Waals surface area contributed by atoms with Gasteiger partial charge in [-0.1, -0.05) is 13.8 Å². The van der Waals surface area contributed by atoms with Crippen LogP contribution in [0.5, 0.6) is 0 Å². The molecule has 0 radical (unpaired) electrons. The Morgan fingerprint density at radius 3 is 2.95 bits per heavy atom. The molecule has 0 atom stereocenters. The highest BCUT2D eigenvalue weighted by Crippen LogP contribution is 2.22. The van der Waals surface area contributed by atoms with Gasteiger partial charge in [0.15, 0.2) is 11.5 Å². The molecule has 0 fully saturated rings. The molecule has 2 rings (SSSR count). The summed E-state index contributed by atoms with van der Waals surface area (Å²) in [4.78, 5) is 11.2. The van der Waals surface area contributed by atoms with E-state index < -0.39 is 0 Å². The van der Waals surface area contributed by atoms with Gasteiger partial charge in [0, 0.05) is 32.0 Å². The first-order valence-electron chi connectivity index (χ1n) is 7.35. The Morgan fingerprint density at radius 1 is 1.48 bits per heavy atom. The zero-order valence-corrected chi connectivity index (χ0v) is 12.9. The number of rotatable bonds is 7. The Hall–Kier alpha value is -2.29. The molecule has 0 bridgehead atoms. The molecule has 0 saturated carbocycles. The van der Waals surface area contributed by atoms with Crippen LogP contribution in [0.15, 0.2) is 18.6 Å². The highest BCUT2D eigenvalue weighted by atomic mass is 15.2. The van der Waals surface area contributed by atoms with E-state index >= 15 is 0 Å². The van der Waals surface area contributed by atoms with Crippen LogP contribution in [0.2, 0.25) is 0 Å². The van der Waals surface area contributed by atoms with E-state index in [-0.39, 0.29) is 0 Å². The van der Waals surface area contributed by atoms with Gasteiger partial charge in [-0.2, -0.15) is 5.26 Å². The molecule has 0 unspecified atom stereocenters. The van der Waals surface area contributed by atoms with Crippen molar-refractivity contribution in [1.82, 2.24) is 14.4 Å². The van der Waals surface area contributed by atoms with E-state index in [1.165, 1.54) is 0 Å². The number of imidazole rings is 1. The minimum Gasteiger partial charge on any atom is -0.369 e. The van der Waals surface area contributed by atoms with Crippen molar-refractivity contribution in [2.24, 2.45) is 5.92 Å². The lowest BCUT2D eigenvalue weighted by atomic mass is 10.2. The van der Waals surface area contributed by atoms with Crippen molar-refractivity contribution in [2.75, 3.05) is 29.9 Å². The van der Waals surface area contributed by atoms with E-state index in [0.29, 0.717) is 18.9 Å². The Kier molecular flexibility index (Phi) is 4.99. The van der Waals surface area contributed by atoms with Gasteiger partial charge in [0.25, 0.3) is 0 Å². The Morgan fingerprint density at radius 2 is 2.29 bits per heavy atom. The molecule has 0 aliphatic heterocycles. The summed E-state index contributed by atoms with van der Waals surface area (Å²) in [6, 6.07) is 2.21. The fraction of sp³-hybridized carbons (Fsp3) is 0.533. The normalized spacial score (nSPS) is 10.8.